The molecular weight excluding hydrogens is 242 g/mol. The molecule has 1 fully saturated rings. The molecule has 0 saturated heterocycles. The van der Waals surface area contributed by atoms with Gasteiger partial charge in [-0.2, -0.15) is 0 Å². The molecular formula is C13H27N5O. The van der Waals surface area contributed by atoms with Gasteiger partial charge in [-0.15, -0.1) is 0 Å². The Morgan fingerprint density at radius 2 is 1.79 bits per heavy atom. The number of nitrogens with one attached hydrogen (secondary N) is 3. The number of carbonyl (C=O) groups excluding carboxylic acids is 1. The van der Waals surface area contributed by atoms with Gasteiger partial charge in [-0.1, -0.05) is 19.3 Å². The second-order valence-corrected chi connectivity index (χ2v) is 5.44. The van der Waals surface area contributed by atoms with Crippen LogP contribution >= 0.6 is 0 Å². The summed E-state index contributed by atoms with van der Waals surface area (Å²) in [6.07, 6.45) is 5.92. The van der Waals surface area contributed by atoms with Crippen molar-refractivity contribution in [2.24, 2.45) is 10.8 Å². The van der Waals surface area contributed by atoms with Crippen molar-refractivity contribution in [3.63, 3.8) is 0 Å². The molecule has 1 amide bonds. The highest BCUT2D eigenvalue weighted by Crippen LogP contribution is 2.19. The van der Waals surface area contributed by atoms with E-state index < -0.39 is 0 Å². The monoisotopic (exact) mass is 269 g/mol. The number of hydrogen-bond acceptors (Lipinski definition) is 3. The van der Waals surface area contributed by atoms with E-state index in [0.717, 1.165) is 12.8 Å². The third-order valence-corrected chi connectivity index (χ3v) is 3.20. The second kappa shape index (κ2) is 7.99. The lowest BCUT2D eigenvalue weighted by Crippen LogP contribution is -2.52. The Balaban J connectivity index is 2.50. The Hall–Kier alpha value is -1.30. The summed E-state index contributed by atoms with van der Waals surface area (Å²) in [5.74, 6) is 5.91. The van der Waals surface area contributed by atoms with Crippen molar-refractivity contribution >= 4 is 11.9 Å². The molecule has 5 N–H and O–H groups in total. The number of nitrogens with zero attached hydrogens (tertiary/aromatic N) is 1. The number of amides is 1. The minimum absolute atomic E-state index is 0.0541. The Morgan fingerprint density at radius 3 is 2.32 bits per heavy atom. The second-order valence-electron chi connectivity index (χ2n) is 5.44. The average molecular weight is 269 g/mol. The molecule has 6 nitrogen and oxygen atoms in total. The first-order valence-corrected chi connectivity index (χ1v) is 7.14. The summed E-state index contributed by atoms with van der Waals surface area (Å²) in [5.41, 5.74) is 2.55. The zero-order chi connectivity index (χ0) is 14.3. The molecule has 0 radical (unpaired) electrons. The van der Waals surface area contributed by atoms with Gasteiger partial charge in [0.25, 0.3) is 0 Å². The average Bonchev–Trinajstić information content (AvgIpc) is 2.38. The highest BCUT2D eigenvalue weighted by molar-refractivity contribution is 5.88. The van der Waals surface area contributed by atoms with Gasteiger partial charge in [0.05, 0.1) is 6.04 Å². The number of guanidine groups is 1. The van der Waals surface area contributed by atoms with E-state index in [9.17, 15) is 4.79 Å². The summed E-state index contributed by atoms with van der Waals surface area (Å²) in [5, 5.41) is 5.87. The molecule has 1 aliphatic carbocycles. The Bertz CT molecular complexity index is 310. The van der Waals surface area contributed by atoms with E-state index in [1.807, 2.05) is 13.8 Å². The van der Waals surface area contributed by atoms with Crippen molar-refractivity contribution in [3.8, 4) is 0 Å². The number of carbonyl (C=O) groups is 1. The molecule has 0 bridgehead atoms. The molecule has 6 heteroatoms. The van der Waals surface area contributed by atoms with Crippen LogP contribution in [0.15, 0.2) is 4.99 Å². The maximum Gasteiger partial charge on any atom is 0.242 e. The standard InChI is InChI=1S/C13H27N5O/c1-9(2)15-12(19)10(3)16-13(18-14)17-11-7-5-4-6-8-11/h9-11H,4-8,14H2,1-3H3,(H,15,19)(H2,16,17,18). The van der Waals surface area contributed by atoms with Crippen molar-refractivity contribution in [2.75, 3.05) is 0 Å². The Labute approximate surface area is 115 Å². The van der Waals surface area contributed by atoms with Crippen LogP contribution in [0.25, 0.3) is 0 Å². The first kappa shape index (κ1) is 15.8. The van der Waals surface area contributed by atoms with Crippen LogP contribution < -0.4 is 21.9 Å². The minimum atomic E-state index is -0.360. The number of hydrogen-bond donors (Lipinski definition) is 4. The van der Waals surface area contributed by atoms with Crippen LogP contribution in [-0.2, 0) is 4.79 Å². The molecule has 0 spiro atoms. The quantitative estimate of drug-likeness (QED) is 0.261. The van der Waals surface area contributed by atoms with Crippen LogP contribution in [-0.4, -0.2) is 30.0 Å². The van der Waals surface area contributed by atoms with E-state index in [4.69, 9.17) is 5.84 Å². The van der Waals surface area contributed by atoms with Crippen LogP contribution in [0.4, 0.5) is 0 Å². The van der Waals surface area contributed by atoms with E-state index >= 15 is 0 Å². The van der Waals surface area contributed by atoms with Crippen molar-refractivity contribution in [1.29, 1.82) is 0 Å². The normalized spacial score (nSPS) is 19.1. The smallest absolute Gasteiger partial charge is 0.242 e. The lowest BCUT2D eigenvalue weighted by atomic mass is 9.96. The predicted octanol–water partition coefficient (Wildman–Crippen LogP) is 0.641. The fraction of sp³-hybridized carbons (Fsp3) is 0.846. The van der Waals surface area contributed by atoms with Crippen LogP contribution in [0.1, 0.15) is 52.9 Å². The summed E-state index contributed by atoms with van der Waals surface area (Å²) in [4.78, 5) is 16.3. The molecule has 0 aromatic heterocycles. The Kier molecular flexibility index (Phi) is 6.62. The zero-order valence-corrected chi connectivity index (χ0v) is 12.2. The molecule has 1 saturated carbocycles. The fourth-order valence-corrected chi connectivity index (χ4v) is 2.19. The summed E-state index contributed by atoms with van der Waals surface area (Å²) in [6, 6.07) is 0.0785. The topological polar surface area (TPSA) is 91.5 Å². The van der Waals surface area contributed by atoms with Crippen molar-refractivity contribution in [1.82, 2.24) is 16.1 Å². The molecule has 1 unspecified atom stereocenters. The first-order chi connectivity index (χ1) is 9.02. The first-order valence-electron chi connectivity index (χ1n) is 7.14. The number of rotatable bonds is 4. The SMILES string of the molecule is CC(C)NC(=O)C(C)NC(=NC1CCCCC1)NN. The van der Waals surface area contributed by atoms with Gasteiger partial charge >= 0.3 is 0 Å². The highest BCUT2D eigenvalue weighted by Gasteiger charge is 2.17. The molecule has 19 heavy (non-hydrogen) atoms. The van der Waals surface area contributed by atoms with Crippen LogP contribution in [0, 0.1) is 0 Å². The Morgan fingerprint density at radius 1 is 1.16 bits per heavy atom. The summed E-state index contributed by atoms with van der Waals surface area (Å²) in [7, 11) is 0. The number of aliphatic imine (C=N–C) groups is 1. The zero-order valence-electron chi connectivity index (χ0n) is 12.2. The van der Waals surface area contributed by atoms with E-state index in [-0.39, 0.29) is 18.0 Å². The highest BCUT2D eigenvalue weighted by atomic mass is 16.2. The third kappa shape index (κ3) is 5.92. The maximum atomic E-state index is 11.8. The van der Waals surface area contributed by atoms with Crippen LogP contribution in [0.2, 0.25) is 0 Å². The maximum absolute atomic E-state index is 11.8. The van der Waals surface area contributed by atoms with Gasteiger partial charge in [0.1, 0.15) is 6.04 Å². The molecule has 0 aromatic carbocycles. The molecule has 0 aromatic rings. The number of hydrazine groups is 1. The third-order valence-electron chi connectivity index (χ3n) is 3.20. The van der Waals surface area contributed by atoms with Crippen molar-refractivity contribution < 1.29 is 4.79 Å². The van der Waals surface area contributed by atoms with Crippen LogP contribution in [0.5, 0.6) is 0 Å². The predicted molar refractivity (Wildman–Crippen MR) is 77.5 cm³/mol. The minimum Gasteiger partial charge on any atom is -0.352 e. The molecule has 110 valence electrons. The lowest BCUT2D eigenvalue weighted by Gasteiger charge is -2.21. The summed E-state index contributed by atoms with van der Waals surface area (Å²) >= 11 is 0. The molecule has 1 atom stereocenters. The van der Waals surface area contributed by atoms with Gasteiger partial charge in [-0.3, -0.25) is 10.2 Å². The number of nitrogens with two attached hydrogens (primary N) is 1. The van der Waals surface area contributed by atoms with Crippen molar-refractivity contribution in [3.05, 3.63) is 0 Å². The van der Waals surface area contributed by atoms with Gasteiger partial charge in [-0.05, 0) is 33.6 Å². The van der Waals surface area contributed by atoms with Gasteiger partial charge in [-0.25, -0.2) is 10.8 Å². The summed E-state index contributed by atoms with van der Waals surface area (Å²) in [6.45, 7) is 5.66. The van der Waals surface area contributed by atoms with E-state index in [1.54, 1.807) is 6.92 Å². The molecule has 0 heterocycles. The molecule has 0 aliphatic heterocycles. The van der Waals surface area contributed by atoms with Gasteiger partial charge < -0.3 is 10.6 Å². The van der Waals surface area contributed by atoms with Crippen LogP contribution in [0.3, 0.4) is 0 Å². The molecule has 1 aliphatic rings. The summed E-state index contributed by atoms with van der Waals surface area (Å²) < 4.78 is 0. The largest absolute Gasteiger partial charge is 0.352 e. The van der Waals surface area contributed by atoms with Crippen molar-refractivity contribution in [2.45, 2.75) is 71.0 Å². The van der Waals surface area contributed by atoms with E-state index in [0.29, 0.717) is 12.0 Å². The lowest BCUT2D eigenvalue weighted by molar-refractivity contribution is -0.122. The molecule has 1 rings (SSSR count). The van der Waals surface area contributed by atoms with Gasteiger partial charge in [0.2, 0.25) is 11.9 Å². The van der Waals surface area contributed by atoms with E-state index in [1.165, 1.54) is 19.3 Å². The van der Waals surface area contributed by atoms with Gasteiger partial charge in [0.15, 0.2) is 0 Å². The van der Waals surface area contributed by atoms with Gasteiger partial charge in [0, 0.05) is 6.04 Å². The fourth-order valence-electron chi connectivity index (χ4n) is 2.19. The van der Waals surface area contributed by atoms with E-state index in [2.05, 4.69) is 21.1 Å².